The van der Waals surface area contributed by atoms with Crippen molar-refractivity contribution >= 4 is 28.7 Å². The Bertz CT molecular complexity index is 1030. The molecule has 0 aliphatic heterocycles. The Balaban J connectivity index is 1.50. The molecule has 1 heterocycles. The number of hydrogen-bond donors (Lipinski definition) is 3. The number of aromatic nitrogens is 1. The summed E-state index contributed by atoms with van der Waals surface area (Å²) in [7, 11) is 3.96. The Kier molecular flexibility index (Phi) is 5.99. The van der Waals surface area contributed by atoms with Crippen LogP contribution in [0, 0.1) is 23.2 Å². The molecule has 2 aliphatic rings. The number of nitrogens with two attached hydrogens (primary N) is 1. The summed E-state index contributed by atoms with van der Waals surface area (Å²) in [6.07, 6.45) is 3.25. The molecule has 0 saturated heterocycles. The lowest BCUT2D eigenvalue weighted by molar-refractivity contribution is -0.148. The summed E-state index contributed by atoms with van der Waals surface area (Å²) in [4.78, 5) is 43.7. The van der Waals surface area contributed by atoms with Crippen LogP contribution in [0.2, 0.25) is 0 Å². The fraction of sp³-hybridized carbons (Fsp3) is 0.542. The molecule has 1 aromatic heterocycles. The number of carbonyl (C=O) groups excluding carboxylic acids is 3. The molecule has 8 heteroatoms. The summed E-state index contributed by atoms with van der Waals surface area (Å²) in [5, 5.41) is 3.80. The number of ether oxygens (including phenoxy) is 1. The molecular formula is C24H32N4O4. The highest BCUT2D eigenvalue weighted by Crippen LogP contribution is 2.60. The monoisotopic (exact) mass is 440 g/mol. The number of H-pyrrole nitrogens is 1. The van der Waals surface area contributed by atoms with Gasteiger partial charge in [0.25, 0.3) is 0 Å². The van der Waals surface area contributed by atoms with E-state index < -0.39 is 29.3 Å². The summed E-state index contributed by atoms with van der Waals surface area (Å²) >= 11 is 0. The van der Waals surface area contributed by atoms with Gasteiger partial charge in [-0.25, -0.2) is 4.79 Å². The predicted octanol–water partition coefficient (Wildman–Crippen LogP) is 1.91. The highest BCUT2D eigenvalue weighted by molar-refractivity contribution is 6.04. The quantitative estimate of drug-likeness (QED) is 0.428. The number of fused-ring (bicyclic) bond motifs is 3. The fourth-order valence-corrected chi connectivity index (χ4v) is 5.86. The van der Waals surface area contributed by atoms with E-state index in [0.717, 1.165) is 23.9 Å². The number of benzene rings is 1. The van der Waals surface area contributed by atoms with Crippen LogP contribution in [-0.4, -0.2) is 61.0 Å². The number of nitrogens with zero attached hydrogens (tertiary/aromatic N) is 1. The number of para-hydroxylation sites is 1. The minimum absolute atomic E-state index is 0.0594. The zero-order valence-electron chi connectivity index (χ0n) is 18.9. The molecule has 4 rings (SSSR count). The maximum absolute atomic E-state index is 13.3. The Labute approximate surface area is 187 Å². The number of nitrogens with one attached hydrogen (secondary N) is 2. The molecule has 2 aromatic rings. The minimum atomic E-state index is -0.988. The molecule has 2 saturated carbocycles. The zero-order chi connectivity index (χ0) is 23.0. The van der Waals surface area contributed by atoms with E-state index in [0.29, 0.717) is 24.9 Å². The van der Waals surface area contributed by atoms with Gasteiger partial charge < -0.3 is 25.7 Å². The van der Waals surface area contributed by atoms with Crippen molar-refractivity contribution in [1.82, 2.24) is 15.2 Å². The van der Waals surface area contributed by atoms with Crippen LogP contribution >= 0.6 is 0 Å². The largest absolute Gasteiger partial charge is 0.458 e. The van der Waals surface area contributed by atoms with Crippen molar-refractivity contribution in [1.29, 1.82) is 0 Å². The standard InChI is InChI=1S/C24H32N4O4/c1-24(23(31)26-9-6-10-28(2)3)17-11-14(20(24)21(25)29)12-19(17)32-22(30)16-13-27-18-8-5-4-7-15(16)18/h4-5,7-8,13-14,17,19-20,27H,6,9-12H2,1-3H3,(H2,25,29)(H,26,31). The number of primary amides is 1. The molecule has 0 spiro atoms. The maximum atomic E-state index is 13.3. The Hall–Kier alpha value is -2.87. The Morgan fingerprint density at radius 3 is 2.72 bits per heavy atom. The Morgan fingerprint density at radius 1 is 1.25 bits per heavy atom. The highest BCUT2D eigenvalue weighted by atomic mass is 16.5. The maximum Gasteiger partial charge on any atom is 0.340 e. The van der Waals surface area contributed by atoms with Gasteiger partial charge in [0.15, 0.2) is 0 Å². The third-order valence-corrected chi connectivity index (χ3v) is 7.36. The van der Waals surface area contributed by atoms with Crippen LogP contribution in [0.1, 0.15) is 36.5 Å². The predicted molar refractivity (Wildman–Crippen MR) is 121 cm³/mol. The topological polar surface area (TPSA) is 118 Å². The summed E-state index contributed by atoms with van der Waals surface area (Å²) in [6.45, 7) is 3.18. The van der Waals surface area contributed by atoms with E-state index in [1.165, 1.54) is 0 Å². The molecule has 2 amide bonds. The second-order valence-corrected chi connectivity index (χ2v) is 9.61. The number of rotatable bonds is 8. The summed E-state index contributed by atoms with van der Waals surface area (Å²) in [6, 6.07) is 7.55. The lowest BCUT2D eigenvalue weighted by Gasteiger charge is -2.41. The van der Waals surface area contributed by atoms with Gasteiger partial charge in [0.2, 0.25) is 11.8 Å². The highest BCUT2D eigenvalue weighted by Gasteiger charge is 2.65. The van der Waals surface area contributed by atoms with E-state index in [9.17, 15) is 14.4 Å². The van der Waals surface area contributed by atoms with Crippen molar-refractivity contribution in [2.75, 3.05) is 27.2 Å². The molecule has 4 N–H and O–H groups in total. The van der Waals surface area contributed by atoms with Crippen LogP contribution in [0.3, 0.4) is 0 Å². The van der Waals surface area contributed by atoms with E-state index in [1.54, 1.807) is 13.1 Å². The first kappa shape index (κ1) is 22.3. The van der Waals surface area contributed by atoms with Gasteiger partial charge in [0.1, 0.15) is 6.10 Å². The van der Waals surface area contributed by atoms with E-state index >= 15 is 0 Å². The number of hydrogen-bond acceptors (Lipinski definition) is 5. The first-order valence-electron chi connectivity index (χ1n) is 11.2. The molecule has 8 nitrogen and oxygen atoms in total. The van der Waals surface area contributed by atoms with Gasteiger partial charge in [0.05, 0.1) is 16.9 Å². The third-order valence-electron chi connectivity index (χ3n) is 7.36. The van der Waals surface area contributed by atoms with Gasteiger partial charge in [-0.15, -0.1) is 0 Å². The van der Waals surface area contributed by atoms with Crippen molar-refractivity contribution in [3.8, 4) is 0 Å². The number of esters is 1. The average Bonchev–Trinajstić information content (AvgIpc) is 3.42. The average molecular weight is 441 g/mol. The molecular weight excluding hydrogens is 408 g/mol. The molecule has 32 heavy (non-hydrogen) atoms. The smallest absolute Gasteiger partial charge is 0.340 e. The zero-order valence-corrected chi connectivity index (χ0v) is 18.9. The van der Waals surface area contributed by atoms with E-state index in [4.69, 9.17) is 10.5 Å². The van der Waals surface area contributed by atoms with Crippen LogP contribution in [0.5, 0.6) is 0 Å². The lowest BCUT2D eigenvalue weighted by Crippen LogP contribution is -2.55. The SMILES string of the molecule is CN(C)CCCNC(=O)C1(C)C2CC(CC2OC(=O)c2c[nH]c3ccccc23)C1C(N)=O. The fourth-order valence-electron chi connectivity index (χ4n) is 5.86. The first-order chi connectivity index (χ1) is 15.2. The first-order valence-corrected chi connectivity index (χ1v) is 11.2. The van der Waals surface area contributed by atoms with Crippen LogP contribution < -0.4 is 11.1 Å². The van der Waals surface area contributed by atoms with Crippen molar-refractivity contribution in [3.05, 3.63) is 36.0 Å². The lowest BCUT2D eigenvalue weighted by atomic mass is 9.65. The van der Waals surface area contributed by atoms with E-state index in [1.807, 2.05) is 38.4 Å². The second kappa shape index (κ2) is 8.58. The van der Waals surface area contributed by atoms with Gasteiger partial charge in [-0.1, -0.05) is 18.2 Å². The van der Waals surface area contributed by atoms with Gasteiger partial charge >= 0.3 is 5.97 Å². The van der Waals surface area contributed by atoms with Crippen molar-refractivity contribution in [2.45, 2.75) is 32.3 Å². The summed E-state index contributed by atoms with van der Waals surface area (Å²) in [5.41, 5.74) is 6.09. The summed E-state index contributed by atoms with van der Waals surface area (Å²) in [5.74, 6) is -1.90. The third kappa shape index (κ3) is 3.77. The van der Waals surface area contributed by atoms with Crippen LogP contribution in [-0.2, 0) is 14.3 Å². The van der Waals surface area contributed by atoms with E-state index in [-0.39, 0.29) is 17.7 Å². The molecule has 0 radical (unpaired) electrons. The molecule has 2 bridgehead atoms. The second-order valence-electron chi connectivity index (χ2n) is 9.61. The van der Waals surface area contributed by atoms with Gasteiger partial charge in [-0.05, 0) is 58.8 Å². The van der Waals surface area contributed by atoms with Crippen LogP contribution in [0.4, 0.5) is 0 Å². The van der Waals surface area contributed by atoms with E-state index in [2.05, 4.69) is 15.2 Å². The van der Waals surface area contributed by atoms with Crippen molar-refractivity contribution < 1.29 is 19.1 Å². The summed E-state index contributed by atoms with van der Waals surface area (Å²) < 4.78 is 5.93. The molecule has 2 fully saturated rings. The van der Waals surface area contributed by atoms with Crippen molar-refractivity contribution in [3.63, 3.8) is 0 Å². The minimum Gasteiger partial charge on any atom is -0.458 e. The van der Waals surface area contributed by atoms with Crippen LogP contribution in [0.15, 0.2) is 30.5 Å². The number of carbonyl (C=O) groups is 3. The van der Waals surface area contributed by atoms with Gasteiger partial charge in [-0.3, -0.25) is 9.59 Å². The molecule has 172 valence electrons. The molecule has 5 atom stereocenters. The normalized spacial score (nSPS) is 28.9. The molecule has 1 aromatic carbocycles. The van der Waals surface area contributed by atoms with Gasteiger partial charge in [-0.2, -0.15) is 0 Å². The number of amides is 2. The van der Waals surface area contributed by atoms with Crippen LogP contribution in [0.25, 0.3) is 10.9 Å². The molecule has 5 unspecified atom stereocenters. The number of aromatic amines is 1. The Morgan fingerprint density at radius 2 is 2.00 bits per heavy atom. The molecule has 2 aliphatic carbocycles. The van der Waals surface area contributed by atoms with Gasteiger partial charge in [0, 0.05) is 29.6 Å². The van der Waals surface area contributed by atoms with Crippen molar-refractivity contribution in [2.24, 2.45) is 28.9 Å².